The second-order valence-electron chi connectivity index (χ2n) is 6.86. The molecule has 0 bridgehead atoms. The molecule has 0 aliphatic rings. The number of carbonyl (C=O) groups excluding carboxylic acids is 2. The standard InChI is InChI=1S/C23H23FN2O4/c1-14(16-8-9-18-13-19(29-3)11-10-17(18)12-16)22(27)25-26-23(28)15(2)30-21-7-5-4-6-20(21)24/h4-15H,1-3H3,(H,25,27)(H,26,28)/t14-,15?/m0/s1. The van der Waals surface area contributed by atoms with Crippen molar-refractivity contribution in [1.29, 1.82) is 0 Å². The van der Waals surface area contributed by atoms with E-state index in [0.29, 0.717) is 0 Å². The Bertz CT molecular complexity index is 1070. The number of halogens is 1. The summed E-state index contributed by atoms with van der Waals surface area (Å²) in [5, 5.41) is 1.97. The molecule has 0 spiro atoms. The number of nitrogens with one attached hydrogen (secondary N) is 2. The molecule has 0 saturated carbocycles. The molecule has 1 unspecified atom stereocenters. The third-order valence-electron chi connectivity index (χ3n) is 4.78. The van der Waals surface area contributed by atoms with Crippen LogP contribution in [0.5, 0.6) is 11.5 Å². The van der Waals surface area contributed by atoms with Gasteiger partial charge in [-0.3, -0.25) is 20.4 Å². The first-order valence-electron chi connectivity index (χ1n) is 9.47. The third-order valence-corrected chi connectivity index (χ3v) is 4.78. The van der Waals surface area contributed by atoms with Crippen LogP contribution in [0.3, 0.4) is 0 Å². The lowest BCUT2D eigenvalue weighted by molar-refractivity contribution is -0.133. The molecule has 0 saturated heterocycles. The highest BCUT2D eigenvalue weighted by molar-refractivity contribution is 5.90. The van der Waals surface area contributed by atoms with Gasteiger partial charge in [-0.25, -0.2) is 4.39 Å². The van der Waals surface area contributed by atoms with Gasteiger partial charge in [-0.05, 0) is 54.4 Å². The van der Waals surface area contributed by atoms with Gasteiger partial charge in [0.25, 0.3) is 5.91 Å². The van der Waals surface area contributed by atoms with Crippen molar-refractivity contribution >= 4 is 22.6 Å². The maximum Gasteiger partial charge on any atom is 0.279 e. The lowest BCUT2D eigenvalue weighted by Gasteiger charge is -2.17. The van der Waals surface area contributed by atoms with E-state index in [0.717, 1.165) is 22.1 Å². The quantitative estimate of drug-likeness (QED) is 0.608. The van der Waals surface area contributed by atoms with Gasteiger partial charge in [0.1, 0.15) is 5.75 Å². The summed E-state index contributed by atoms with van der Waals surface area (Å²) in [6.07, 6.45) is -0.992. The summed E-state index contributed by atoms with van der Waals surface area (Å²) in [4.78, 5) is 24.6. The summed E-state index contributed by atoms with van der Waals surface area (Å²) >= 11 is 0. The second-order valence-corrected chi connectivity index (χ2v) is 6.86. The molecule has 2 atom stereocenters. The van der Waals surface area contributed by atoms with Gasteiger partial charge < -0.3 is 9.47 Å². The topological polar surface area (TPSA) is 76.7 Å². The number of hydrogen-bond donors (Lipinski definition) is 2. The van der Waals surface area contributed by atoms with Crippen LogP contribution in [0.4, 0.5) is 4.39 Å². The van der Waals surface area contributed by atoms with Crippen molar-refractivity contribution in [1.82, 2.24) is 10.9 Å². The minimum absolute atomic E-state index is 0.0346. The van der Waals surface area contributed by atoms with Gasteiger partial charge in [0.15, 0.2) is 17.7 Å². The van der Waals surface area contributed by atoms with E-state index in [-0.39, 0.29) is 11.7 Å². The average Bonchev–Trinajstić information content (AvgIpc) is 2.77. The fourth-order valence-electron chi connectivity index (χ4n) is 2.91. The number of carbonyl (C=O) groups is 2. The van der Waals surface area contributed by atoms with Gasteiger partial charge >= 0.3 is 0 Å². The van der Waals surface area contributed by atoms with Crippen molar-refractivity contribution in [2.75, 3.05) is 7.11 Å². The van der Waals surface area contributed by atoms with Gasteiger partial charge in [-0.1, -0.05) is 36.4 Å². The lowest BCUT2D eigenvalue weighted by Crippen LogP contribution is -2.48. The first kappa shape index (κ1) is 21.1. The summed E-state index contributed by atoms with van der Waals surface area (Å²) in [6.45, 7) is 3.21. The zero-order valence-electron chi connectivity index (χ0n) is 16.9. The van der Waals surface area contributed by atoms with Gasteiger partial charge in [0.05, 0.1) is 13.0 Å². The van der Waals surface area contributed by atoms with Crippen molar-refractivity contribution in [3.63, 3.8) is 0 Å². The fourth-order valence-corrected chi connectivity index (χ4v) is 2.91. The Balaban J connectivity index is 1.59. The lowest BCUT2D eigenvalue weighted by atomic mass is 9.97. The second kappa shape index (κ2) is 9.26. The Morgan fingerprint density at radius 1 is 0.900 bits per heavy atom. The number of rotatable bonds is 6. The molecule has 3 aromatic rings. The van der Waals surface area contributed by atoms with Crippen LogP contribution in [0.25, 0.3) is 10.8 Å². The van der Waals surface area contributed by atoms with Crippen molar-refractivity contribution in [2.45, 2.75) is 25.9 Å². The van der Waals surface area contributed by atoms with Crippen LogP contribution >= 0.6 is 0 Å². The van der Waals surface area contributed by atoms with Crippen LogP contribution in [0.15, 0.2) is 60.7 Å². The van der Waals surface area contributed by atoms with Gasteiger partial charge in [0, 0.05) is 0 Å². The highest BCUT2D eigenvalue weighted by Crippen LogP contribution is 2.25. The Hall–Kier alpha value is -3.61. The van der Waals surface area contributed by atoms with E-state index in [2.05, 4.69) is 10.9 Å². The summed E-state index contributed by atoms with van der Waals surface area (Å²) in [7, 11) is 1.61. The van der Waals surface area contributed by atoms with E-state index < -0.39 is 23.7 Å². The number of fused-ring (bicyclic) bond motifs is 1. The van der Waals surface area contributed by atoms with Crippen molar-refractivity contribution < 1.29 is 23.5 Å². The molecule has 2 amide bonds. The van der Waals surface area contributed by atoms with E-state index in [4.69, 9.17) is 9.47 Å². The molecule has 7 heteroatoms. The Kier molecular flexibility index (Phi) is 6.51. The number of hydrogen-bond acceptors (Lipinski definition) is 4. The number of hydrazine groups is 1. The summed E-state index contributed by atoms with van der Waals surface area (Å²) in [5.74, 6) is -1.31. The Labute approximate surface area is 174 Å². The Morgan fingerprint density at radius 2 is 1.57 bits per heavy atom. The van der Waals surface area contributed by atoms with Crippen LogP contribution in [0, 0.1) is 5.82 Å². The highest BCUT2D eigenvalue weighted by atomic mass is 19.1. The normalized spacial score (nSPS) is 12.7. The predicted octanol–water partition coefficient (Wildman–Crippen LogP) is 3.71. The molecule has 3 aromatic carbocycles. The molecule has 0 aliphatic carbocycles. The van der Waals surface area contributed by atoms with Crippen LogP contribution in [0.1, 0.15) is 25.3 Å². The third kappa shape index (κ3) is 4.86. The molecule has 0 aliphatic heterocycles. The van der Waals surface area contributed by atoms with Crippen LogP contribution < -0.4 is 20.3 Å². The zero-order valence-corrected chi connectivity index (χ0v) is 16.9. The minimum Gasteiger partial charge on any atom is -0.497 e. The molecule has 2 N–H and O–H groups in total. The number of amides is 2. The average molecular weight is 410 g/mol. The minimum atomic E-state index is -0.992. The number of para-hydroxylation sites is 1. The fraction of sp³-hybridized carbons (Fsp3) is 0.217. The van der Waals surface area contributed by atoms with Gasteiger partial charge in [-0.15, -0.1) is 0 Å². The molecule has 30 heavy (non-hydrogen) atoms. The smallest absolute Gasteiger partial charge is 0.279 e. The first-order chi connectivity index (χ1) is 14.4. The predicted molar refractivity (Wildman–Crippen MR) is 112 cm³/mol. The Morgan fingerprint density at radius 3 is 2.30 bits per heavy atom. The van der Waals surface area contributed by atoms with Crippen LogP contribution in [-0.4, -0.2) is 25.0 Å². The van der Waals surface area contributed by atoms with Crippen LogP contribution in [-0.2, 0) is 9.59 Å². The summed E-state index contributed by atoms with van der Waals surface area (Å²) in [6, 6.07) is 17.2. The molecule has 6 nitrogen and oxygen atoms in total. The summed E-state index contributed by atoms with van der Waals surface area (Å²) in [5.41, 5.74) is 5.52. The van der Waals surface area contributed by atoms with Gasteiger partial charge in [-0.2, -0.15) is 0 Å². The maximum atomic E-state index is 13.6. The highest BCUT2D eigenvalue weighted by Gasteiger charge is 2.20. The molecule has 156 valence electrons. The monoisotopic (exact) mass is 410 g/mol. The molecule has 0 aromatic heterocycles. The largest absolute Gasteiger partial charge is 0.497 e. The molecule has 3 rings (SSSR count). The van der Waals surface area contributed by atoms with E-state index in [1.807, 2.05) is 36.4 Å². The van der Waals surface area contributed by atoms with E-state index in [1.165, 1.54) is 25.1 Å². The van der Waals surface area contributed by atoms with E-state index in [9.17, 15) is 14.0 Å². The summed E-state index contributed by atoms with van der Waals surface area (Å²) < 4.78 is 24.2. The molecular weight excluding hydrogens is 387 g/mol. The molecule has 0 fully saturated rings. The molecular formula is C23H23FN2O4. The van der Waals surface area contributed by atoms with E-state index >= 15 is 0 Å². The molecule has 0 heterocycles. The maximum absolute atomic E-state index is 13.6. The zero-order chi connectivity index (χ0) is 21.7. The van der Waals surface area contributed by atoms with Gasteiger partial charge in [0.2, 0.25) is 5.91 Å². The molecule has 0 radical (unpaired) electrons. The number of methoxy groups -OCH3 is 1. The SMILES string of the molecule is COc1ccc2cc([C@H](C)C(=O)NNC(=O)C(C)Oc3ccccc3F)ccc2c1. The van der Waals surface area contributed by atoms with Crippen molar-refractivity contribution in [2.24, 2.45) is 0 Å². The van der Waals surface area contributed by atoms with Crippen molar-refractivity contribution in [3.05, 3.63) is 72.0 Å². The van der Waals surface area contributed by atoms with Crippen LogP contribution in [0.2, 0.25) is 0 Å². The first-order valence-corrected chi connectivity index (χ1v) is 9.47. The van der Waals surface area contributed by atoms with Crippen molar-refractivity contribution in [3.8, 4) is 11.5 Å². The number of ether oxygens (including phenoxy) is 2. The number of benzene rings is 3. The van der Waals surface area contributed by atoms with E-state index in [1.54, 1.807) is 20.1 Å².